The number of allylic oxidation sites excluding steroid dienone is 4. The van der Waals surface area contributed by atoms with Gasteiger partial charge in [-0.1, -0.05) is 42.5 Å². The number of nitrogens with zero attached hydrogens (tertiary/aromatic N) is 2. The third-order valence-corrected chi connectivity index (χ3v) is 3.90. The molecule has 25 heavy (non-hydrogen) atoms. The number of hydrogen-bond donors (Lipinski definition) is 1. The molecule has 0 bridgehead atoms. The van der Waals surface area contributed by atoms with Gasteiger partial charge >= 0.3 is 0 Å². The van der Waals surface area contributed by atoms with Crippen LogP contribution in [-0.2, 0) is 4.79 Å². The van der Waals surface area contributed by atoms with Gasteiger partial charge in [0, 0.05) is 30.2 Å². The van der Waals surface area contributed by atoms with Crippen molar-refractivity contribution in [3.63, 3.8) is 0 Å². The van der Waals surface area contributed by atoms with E-state index in [9.17, 15) is 10.1 Å². The lowest BCUT2D eigenvalue weighted by Gasteiger charge is -2.23. The van der Waals surface area contributed by atoms with Crippen molar-refractivity contribution in [2.45, 2.75) is 0 Å². The number of benzene rings is 2. The average Bonchev–Trinajstić information content (AvgIpc) is 2.65. The molecule has 0 atom stereocenters. The van der Waals surface area contributed by atoms with E-state index in [1.807, 2.05) is 72.8 Å². The van der Waals surface area contributed by atoms with Crippen molar-refractivity contribution < 1.29 is 4.79 Å². The zero-order chi connectivity index (χ0) is 17.6. The highest BCUT2D eigenvalue weighted by Gasteiger charge is 2.13. The molecule has 122 valence electrons. The van der Waals surface area contributed by atoms with E-state index in [0.29, 0.717) is 5.69 Å². The summed E-state index contributed by atoms with van der Waals surface area (Å²) in [5.74, 6) is -0.421. The third kappa shape index (κ3) is 3.67. The Labute approximate surface area is 147 Å². The van der Waals surface area contributed by atoms with Crippen LogP contribution in [0.5, 0.6) is 0 Å². The number of carbonyl (C=O) groups excluding carboxylic acids is 1. The third-order valence-electron chi connectivity index (χ3n) is 3.90. The van der Waals surface area contributed by atoms with Crippen LogP contribution >= 0.6 is 0 Å². The first-order valence-electron chi connectivity index (χ1n) is 7.88. The maximum absolute atomic E-state index is 12.3. The molecule has 2 aromatic rings. The van der Waals surface area contributed by atoms with E-state index in [1.165, 1.54) is 0 Å². The zero-order valence-corrected chi connectivity index (χ0v) is 13.8. The van der Waals surface area contributed by atoms with Gasteiger partial charge in [-0.3, -0.25) is 4.79 Å². The first-order chi connectivity index (χ1) is 12.2. The number of carbonyl (C=O) groups is 1. The molecule has 0 saturated carbocycles. The number of para-hydroxylation sites is 2. The molecule has 1 heterocycles. The highest BCUT2D eigenvalue weighted by Crippen LogP contribution is 2.31. The summed E-state index contributed by atoms with van der Waals surface area (Å²) in [5, 5.41) is 12.0. The predicted octanol–water partition coefficient (Wildman–Crippen LogP) is 4.12. The topological polar surface area (TPSA) is 56.1 Å². The molecule has 0 aromatic heterocycles. The SMILES string of the molecule is CN1C=C/C(=C\C=C(/C#N)C(=O)Nc2ccccc2)c2ccccc21. The Hall–Kier alpha value is -3.58. The van der Waals surface area contributed by atoms with Gasteiger partial charge in [-0.15, -0.1) is 0 Å². The number of hydrogen-bond acceptors (Lipinski definition) is 3. The molecule has 0 unspecified atom stereocenters. The fraction of sp³-hybridized carbons (Fsp3) is 0.0476. The monoisotopic (exact) mass is 327 g/mol. The fourth-order valence-corrected chi connectivity index (χ4v) is 2.59. The Morgan fingerprint density at radius 3 is 2.60 bits per heavy atom. The van der Waals surface area contributed by atoms with Crippen LogP contribution < -0.4 is 10.2 Å². The largest absolute Gasteiger partial charge is 0.351 e. The van der Waals surface area contributed by atoms with Gasteiger partial charge in [0.2, 0.25) is 0 Å². The lowest BCUT2D eigenvalue weighted by Crippen LogP contribution is -2.14. The van der Waals surface area contributed by atoms with Crippen LogP contribution in [0.1, 0.15) is 5.56 Å². The molecule has 4 nitrogen and oxygen atoms in total. The maximum Gasteiger partial charge on any atom is 0.266 e. The number of amides is 1. The number of fused-ring (bicyclic) bond motifs is 1. The van der Waals surface area contributed by atoms with Crippen LogP contribution in [0.2, 0.25) is 0 Å². The molecule has 1 aliphatic rings. The van der Waals surface area contributed by atoms with Crippen molar-refractivity contribution >= 4 is 22.9 Å². The Balaban J connectivity index is 1.86. The standard InChI is InChI=1S/C21H17N3O/c1-24-14-13-16(19-9-5-6-10-20(19)24)11-12-17(15-22)21(25)23-18-7-3-2-4-8-18/h2-14H,1H3,(H,23,25)/b16-11+,17-12+. The molecule has 1 aliphatic heterocycles. The van der Waals surface area contributed by atoms with Crippen LogP contribution in [0, 0.1) is 11.3 Å². The van der Waals surface area contributed by atoms with Gasteiger partial charge in [0.25, 0.3) is 5.91 Å². The lowest BCUT2D eigenvalue weighted by atomic mass is 9.99. The molecular formula is C21H17N3O. The van der Waals surface area contributed by atoms with E-state index >= 15 is 0 Å². The first-order valence-corrected chi connectivity index (χ1v) is 7.88. The van der Waals surface area contributed by atoms with Gasteiger partial charge in [-0.2, -0.15) is 5.26 Å². The Morgan fingerprint density at radius 2 is 1.84 bits per heavy atom. The lowest BCUT2D eigenvalue weighted by molar-refractivity contribution is -0.112. The Kier molecular flexibility index (Phi) is 4.77. The van der Waals surface area contributed by atoms with E-state index in [4.69, 9.17) is 0 Å². The normalized spacial score (nSPS) is 14.8. The number of nitriles is 1. The predicted molar refractivity (Wildman–Crippen MR) is 101 cm³/mol. The summed E-state index contributed by atoms with van der Waals surface area (Å²) in [6.45, 7) is 0. The number of anilines is 2. The summed E-state index contributed by atoms with van der Waals surface area (Å²) in [6, 6.07) is 19.0. The molecule has 4 heteroatoms. The molecule has 1 N–H and O–H groups in total. The van der Waals surface area contributed by atoms with Gasteiger partial charge < -0.3 is 10.2 Å². The van der Waals surface area contributed by atoms with Crippen molar-refractivity contribution in [1.82, 2.24) is 0 Å². The first kappa shape index (κ1) is 16.3. The van der Waals surface area contributed by atoms with Crippen molar-refractivity contribution in [2.24, 2.45) is 0 Å². The second kappa shape index (κ2) is 7.33. The molecule has 0 radical (unpaired) electrons. The minimum absolute atomic E-state index is 0.0566. The smallest absolute Gasteiger partial charge is 0.266 e. The van der Waals surface area contributed by atoms with E-state index in [0.717, 1.165) is 16.8 Å². The van der Waals surface area contributed by atoms with Crippen molar-refractivity contribution in [3.05, 3.63) is 90.2 Å². The Morgan fingerprint density at radius 1 is 1.12 bits per heavy atom. The summed E-state index contributed by atoms with van der Waals surface area (Å²) in [5.41, 5.74) is 3.81. The van der Waals surface area contributed by atoms with Crippen LogP contribution in [0.4, 0.5) is 11.4 Å². The summed E-state index contributed by atoms with van der Waals surface area (Å²) in [7, 11) is 1.98. The highest BCUT2D eigenvalue weighted by atomic mass is 16.1. The molecule has 1 amide bonds. The second-order valence-corrected chi connectivity index (χ2v) is 5.58. The van der Waals surface area contributed by atoms with E-state index in [2.05, 4.69) is 5.32 Å². The van der Waals surface area contributed by atoms with Gasteiger partial charge in [-0.25, -0.2) is 0 Å². The Bertz CT molecular complexity index is 918. The molecule has 0 spiro atoms. The van der Waals surface area contributed by atoms with Gasteiger partial charge in [0.15, 0.2) is 0 Å². The molecule has 2 aromatic carbocycles. The molecular weight excluding hydrogens is 310 g/mol. The van der Waals surface area contributed by atoms with Crippen LogP contribution in [0.25, 0.3) is 5.57 Å². The summed E-state index contributed by atoms with van der Waals surface area (Å²) < 4.78 is 0. The second-order valence-electron chi connectivity index (χ2n) is 5.58. The zero-order valence-electron chi connectivity index (χ0n) is 13.8. The molecule has 0 aliphatic carbocycles. The average molecular weight is 327 g/mol. The maximum atomic E-state index is 12.3. The summed E-state index contributed by atoms with van der Waals surface area (Å²) in [6.07, 6.45) is 7.27. The van der Waals surface area contributed by atoms with Crippen molar-refractivity contribution in [2.75, 3.05) is 17.3 Å². The molecule has 3 rings (SSSR count). The fourth-order valence-electron chi connectivity index (χ4n) is 2.59. The molecule has 0 saturated heterocycles. The summed E-state index contributed by atoms with van der Waals surface area (Å²) in [4.78, 5) is 14.3. The van der Waals surface area contributed by atoms with Crippen LogP contribution in [0.15, 0.2) is 84.6 Å². The van der Waals surface area contributed by atoms with E-state index in [-0.39, 0.29) is 5.57 Å². The summed E-state index contributed by atoms with van der Waals surface area (Å²) >= 11 is 0. The van der Waals surface area contributed by atoms with Crippen LogP contribution in [0.3, 0.4) is 0 Å². The number of rotatable bonds is 3. The molecule has 0 fully saturated rings. The number of nitrogens with one attached hydrogen (secondary N) is 1. The van der Waals surface area contributed by atoms with Crippen molar-refractivity contribution in [1.29, 1.82) is 5.26 Å². The van der Waals surface area contributed by atoms with Crippen LogP contribution in [-0.4, -0.2) is 13.0 Å². The van der Waals surface area contributed by atoms with Gasteiger partial charge in [0.05, 0.1) is 0 Å². The van der Waals surface area contributed by atoms with Gasteiger partial charge in [0.1, 0.15) is 11.6 Å². The van der Waals surface area contributed by atoms with E-state index < -0.39 is 5.91 Å². The minimum Gasteiger partial charge on any atom is -0.351 e. The van der Waals surface area contributed by atoms with Gasteiger partial charge in [-0.05, 0) is 35.9 Å². The van der Waals surface area contributed by atoms with E-state index in [1.54, 1.807) is 24.3 Å². The minimum atomic E-state index is -0.421. The highest BCUT2D eigenvalue weighted by molar-refractivity contribution is 6.07. The quantitative estimate of drug-likeness (QED) is 0.681. The van der Waals surface area contributed by atoms with Crippen molar-refractivity contribution in [3.8, 4) is 6.07 Å².